The highest BCUT2D eigenvalue weighted by Crippen LogP contribution is 2.29. The van der Waals surface area contributed by atoms with Crippen molar-refractivity contribution in [3.63, 3.8) is 0 Å². The minimum atomic E-state index is 0.836. The molecule has 2 rings (SSSR count). The van der Waals surface area contributed by atoms with E-state index in [1.807, 2.05) is 30.3 Å². The Kier molecular flexibility index (Phi) is 3.58. The fourth-order valence-corrected chi connectivity index (χ4v) is 2.08. The Labute approximate surface area is 101 Å². The number of aromatic nitrogens is 1. The predicted octanol–water partition coefficient (Wildman–Crippen LogP) is 4.35. The van der Waals surface area contributed by atoms with Gasteiger partial charge in [-0.05, 0) is 24.1 Å². The van der Waals surface area contributed by atoms with Gasteiger partial charge in [0, 0.05) is 11.8 Å². The van der Waals surface area contributed by atoms with Crippen LogP contribution in [-0.4, -0.2) is 4.98 Å². The zero-order valence-electron chi connectivity index (χ0n) is 9.28. The maximum absolute atomic E-state index is 6.38. The van der Waals surface area contributed by atoms with Crippen molar-refractivity contribution in [3.05, 3.63) is 53.2 Å². The summed E-state index contributed by atoms with van der Waals surface area (Å²) in [6, 6.07) is 12.0. The summed E-state index contributed by atoms with van der Waals surface area (Å²) in [6.45, 7) is 2.16. The molecule has 0 saturated carbocycles. The zero-order valence-corrected chi connectivity index (χ0v) is 10.0. The second kappa shape index (κ2) is 5.13. The molecule has 1 heterocycles. The number of aryl methyl sites for hydroxylation is 1. The first kappa shape index (κ1) is 11.2. The summed E-state index contributed by atoms with van der Waals surface area (Å²) in [4.78, 5) is 4.33. The summed E-state index contributed by atoms with van der Waals surface area (Å²) in [5.41, 5.74) is 3.16. The molecule has 0 saturated heterocycles. The van der Waals surface area contributed by atoms with Crippen molar-refractivity contribution in [3.8, 4) is 11.3 Å². The molecule has 0 unspecified atom stereocenters. The second-order valence-corrected chi connectivity index (χ2v) is 4.12. The van der Waals surface area contributed by atoms with Crippen LogP contribution in [0.5, 0.6) is 0 Å². The number of halogens is 1. The summed E-state index contributed by atoms with van der Waals surface area (Å²) in [7, 11) is 0. The predicted molar refractivity (Wildman–Crippen MR) is 68.7 cm³/mol. The number of hydrogen-bond acceptors (Lipinski definition) is 1. The van der Waals surface area contributed by atoms with Crippen molar-refractivity contribution >= 4 is 11.6 Å². The third-order valence-corrected chi connectivity index (χ3v) is 2.99. The fraction of sp³-hybridized carbons (Fsp3) is 0.214. The lowest BCUT2D eigenvalue weighted by Crippen LogP contribution is -1.89. The molecule has 0 aliphatic rings. The standard InChI is InChI=1S/C14H14ClN/c1-2-6-11-7-5-8-12(14(11)15)13-9-3-4-10-16-13/h3-5,7-10H,2,6H2,1H3. The Hall–Kier alpha value is -1.34. The van der Waals surface area contributed by atoms with Gasteiger partial charge in [-0.1, -0.05) is 49.2 Å². The lowest BCUT2D eigenvalue weighted by atomic mass is 10.0. The summed E-state index contributed by atoms with van der Waals surface area (Å²) >= 11 is 6.38. The number of hydrogen-bond donors (Lipinski definition) is 0. The second-order valence-electron chi connectivity index (χ2n) is 3.74. The Morgan fingerprint density at radius 2 is 2.00 bits per heavy atom. The molecule has 0 N–H and O–H groups in total. The van der Waals surface area contributed by atoms with Crippen molar-refractivity contribution in [1.82, 2.24) is 4.98 Å². The number of benzene rings is 1. The monoisotopic (exact) mass is 231 g/mol. The topological polar surface area (TPSA) is 12.9 Å². The first-order valence-corrected chi connectivity index (χ1v) is 5.89. The molecule has 2 aromatic rings. The van der Waals surface area contributed by atoms with E-state index in [9.17, 15) is 0 Å². The lowest BCUT2D eigenvalue weighted by Gasteiger charge is -2.08. The maximum atomic E-state index is 6.38. The summed E-state index contributed by atoms with van der Waals surface area (Å²) in [5, 5.41) is 0.836. The van der Waals surface area contributed by atoms with E-state index in [1.165, 1.54) is 5.56 Å². The van der Waals surface area contributed by atoms with Gasteiger partial charge in [-0.25, -0.2) is 0 Å². The smallest absolute Gasteiger partial charge is 0.0717 e. The third kappa shape index (κ3) is 2.25. The highest BCUT2D eigenvalue weighted by molar-refractivity contribution is 6.34. The Morgan fingerprint density at radius 1 is 1.12 bits per heavy atom. The molecule has 1 aromatic heterocycles. The number of nitrogens with zero attached hydrogens (tertiary/aromatic N) is 1. The molecule has 82 valence electrons. The van der Waals surface area contributed by atoms with Crippen LogP contribution in [-0.2, 0) is 6.42 Å². The van der Waals surface area contributed by atoms with Crippen molar-refractivity contribution in [1.29, 1.82) is 0 Å². The zero-order chi connectivity index (χ0) is 11.4. The van der Waals surface area contributed by atoms with Crippen molar-refractivity contribution in [2.45, 2.75) is 19.8 Å². The highest BCUT2D eigenvalue weighted by Gasteiger charge is 2.07. The van der Waals surface area contributed by atoms with E-state index < -0.39 is 0 Å². The van der Waals surface area contributed by atoms with Crippen LogP contribution in [0.2, 0.25) is 5.02 Å². The van der Waals surface area contributed by atoms with Gasteiger partial charge in [0.05, 0.1) is 10.7 Å². The number of pyridine rings is 1. The van der Waals surface area contributed by atoms with Crippen LogP contribution < -0.4 is 0 Å². The van der Waals surface area contributed by atoms with Gasteiger partial charge in [-0.3, -0.25) is 4.98 Å². The van der Waals surface area contributed by atoms with Gasteiger partial charge < -0.3 is 0 Å². The Bertz CT molecular complexity index is 465. The lowest BCUT2D eigenvalue weighted by molar-refractivity contribution is 0.922. The molecule has 0 spiro atoms. The van der Waals surface area contributed by atoms with Crippen LogP contribution in [0.15, 0.2) is 42.6 Å². The molecular formula is C14H14ClN. The summed E-state index contributed by atoms with van der Waals surface area (Å²) < 4.78 is 0. The molecule has 1 aromatic carbocycles. The molecule has 1 nitrogen and oxygen atoms in total. The van der Waals surface area contributed by atoms with E-state index >= 15 is 0 Å². The van der Waals surface area contributed by atoms with Crippen LogP contribution in [0.25, 0.3) is 11.3 Å². The molecule has 0 aliphatic heterocycles. The van der Waals surface area contributed by atoms with Gasteiger partial charge in [0.15, 0.2) is 0 Å². The van der Waals surface area contributed by atoms with Crippen molar-refractivity contribution < 1.29 is 0 Å². The van der Waals surface area contributed by atoms with Crippen LogP contribution in [0.4, 0.5) is 0 Å². The van der Waals surface area contributed by atoms with Crippen LogP contribution in [0, 0.1) is 0 Å². The normalized spacial score (nSPS) is 10.4. The van der Waals surface area contributed by atoms with Gasteiger partial charge in [0.2, 0.25) is 0 Å². The molecule has 0 radical (unpaired) electrons. The summed E-state index contributed by atoms with van der Waals surface area (Å²) in [6.07, 6.45) is 3.91. The summed E-state index contributed by atoms with van der Waals surface area (Å²) in [5.74, 6) is 0. The fourth-order valence-electron chi connectivity index (χ4n) is 1.76. The molecule has 0 bridgehead atoms. The van der Waals surface area contributed by atoms with Gasteiger partial charge in [-0.15, -0.1) is 0 Å². The van der Waals surface area contributed by atoms with Gasteiger partial charge in [0.1, 0.15) is 0 Å². The largest absolute Gasteiger partial charge is 0.256 e. The van der Waals surface area contributed by atoms with Crippen LogP contribution in [0.3, 0.4) is 0 Å². The minimum Gasteiger partial charge on any atom is -0.256 e. The average molecular weight is 232 g/mol. The van der Waals surface area contributed by atoms with E-state index in [2.05, 4.69) is 18.0 Å². The molecule has 16 heavy (non-hydrogen) atoms. The molecular weight excluding hydrogens is 218 g/mol. The van der Waals surface area contributed by atoms with Gasteiger partial charge in [0.25, 0.3) is 0 Å². The van der Waals surface area contributed by atoms with Crippen LogP contribution >= 0.6 is 11.6 Å². The molecule has 0 aliphatic carbocycles. The quantitative estimate of drug-likeness (QED) is 0.765. The van der Waals surface area contributed by atoms with Gasteiger partial charge in [-0.2, -0.15) is 0 Å². The Balaban J connectivity index is 2.46. The van der Waals surface area contributed by atoms with E-state index in [0.717, 1.165) is 29.1 Å². The number of rotatable bonds is 3. The molecule has 0 atom stereocenters. The molecule has 0 fully saturated rings. The SMILES string of the molecule is CCCc1cccc(-c2ccccn2)c1Cl. The van der Waals surface area contributed by atoms with Gasteiger partial charge >= 0.3 is 0 Å². The highest BCUT2D eigenvalue weighted by atomic mass is 35.5. The first-order valence-electron chi connectivity index (χ1n) is 5.51. The maximum Gasteiger partial charge on any atom is 0.0717 e. The average Bonchev–Trinajstić information content (AvgIpc) is 2.33. The molecule has 0 amide bonds. The van der Waals surface area contributed by atoms with E-state index in [0.29, 0.717) is 0 Å². The van der Waals surface area contributed by atoms with Crippen molar-refractivity contribution in [2.24, 2.45) is 0 Å². The molecule has 2 heteroatoms. The minimum absolute atomic E-state index is 0.836. The van der Waals surface area contributed by atoms with Crippen molar-refractivity contribution in [2.75, 3.05) is 0 Å². The van der Waals surface area contributed by atoms with Crippen LogP contribution in [0.1, 0.15) is 18.9 Å². The third-order valence-electron chi connectivity index (χ3n) is 2.54. The Morgan fingerprint density at radius 3 is 2.69 bits per heavy atom. The first-order chi connectivity index (χ1) is 7.83. The van der Waals surface area contributed by atoms with E-state index in [1.54, 1.807) is 6.20 Å². The van der Waals surface area contributed by atoms with E-state index in [-0.39, 0.29) is 0 Å². The van der Waals surface area contributed by atoms with E-state index in [4.69, 9.17) is 11.6 Å².